The maximum atomic E-state index is 11.2. The second-order valence-corrected chi connectivity index (χ2v) is 3.78. The molecule has 4 heteroatoms. The minimum atomic E-state index is -0.458. The van der Waals surface area contributed by atoms with E-state index >= 15 is 0 Å². The zero-order valence-electron chi connectivity index (χ0n) is 7.99. The van der Waals surface area contributed by atoms with Gasteiger partial charge in [0.05, 0.1) is 6.04 Å². The number of hydrogen-bond acceptors (Lipinski definition) is 3. The highest BCUT2D eigenvalue weighted by atomic mass is 16.3. The highest BCUT2D eigenvalue weighted by Gasteiger charge is 2.28. The monoisotopic (exact) mass is 186 g/mol. The van der Waals surface area contributed by atoms with Gasteiger partial charge in [-0.05, 0) is 19.8 Å². The Hall–Kier alpha value is -0.610. The predicted molar refractivity (Wildman–Crippen MR) is 50.0 cm³/mol. The van der Waals surface area contributed by atoms with E-state index in [0.29, 0.717) is 0 Å². The van der Waals surface area contributed by atoms with Gasteiger partial charge < -0.3 is 16.2 Å². The van der Waals surface area contributed by atoms with Crippen molar-refractivity contribution in [3.63, 3.8) is 0 Å². The molecule has 4 nitrogen and oxygen atoms in total. The molecular weight excluding hydrogens is 168 g/mol. The fourth-order valence-electron chi connectivity index (χ4n) is 1.76. The van der Waals surface area contributed by atoms with E-state index in [1.54, 1.807) is 6.92 Å². The molecule has 4 N–H and O–H groups in total. The minimum Gasteiger partial charge on any atom is -0.396 e. The van der Waals surface area contributed by atoms with Gasteiger partial charge in [-0.15, -0.1) is 0 Å². The Labute approximate surface area is 78.5 Å². The molecule has 0 bridgehead atoms. The van der Waals surface area contributed by atoms with Crippen molar-refractivity contribution in [3.05, 3.63) is 0 Å². The van der Waals surface area contributed by atoms with Crippen molar-refractivity contribution in [2.24, 2.45) is 11.7 Å². The normalized spacial score (nSPS) is 30.1. The number of carbonyl (C=O) groups excluding carboxylic acids is 1. The molecule has 0 heterocycles. The van der Waals surface area contributed by atoms with E-state index in [0.717, 1.165) is 19.3 Å². The van der Waals surface area contributed by atoms with Crippen molar-refractivity contribution in [2.75, 3.05) is 6.61 Å². The smallest absolute Gasteiger partial charge is 0.236 e. The van der Waals surface area contributed by atoms with Crippen LogP contribution in [0.4, 0.5) is 0 Å². The number of aliphatic hydroxyl groups is 1. The van der Waals surface area contributed by atoms with Gasteiger partial charge in [0.1, 0.15) is 0 Å². The molecule has 13 heavy (non-hydrogen) atoms. The summed E-state index contributed by atoms with van der Waals surface area (Å²) in [5.41, 5.74) is 5.43. The topological polar surface area (TPSA) is 75.4 Å². The Bertz CT molecular complexity index is 182. The van der Waals surface area contributed by atoms with Crippen molar-refractivity contribution >= 4 is 5.91 Å². The number of rotatable bonds is 3. The molecule has 0 aliphatic heterocycles. The lowest BCUT2D eigenvalue weighted by atomic mass is 10.0. The number of amides is 1. The standard InChI is InChI=1S/C9H18N2O2/c1-6(10)9(13)11-8-4-2-3-7(8)5-12/h6-8,12H,2-5,10H2,1H3,(H,11,13)/t6-,7?,8?/m1/s1. The van der Waals surface area contributed by atoms with Gasteiger partial charge in [0.2, 0.25) is 5.91 Å². The third-order valence-electron chi connectivity index (χ3n) is 2.63. The number of hydrogen-bond donors (Lipinski definition) is 3. The molecule has 0 saturated heterocycles. The van der Waals surface area contributed by atoms with Gasteiger partial charge >= 0.3 is 0 Å². The zero-order valence-corrected chi connectivity index (χ0v) is 7.99. The zero-order chi connectivity index (χ0) is 9.84. The summed E-state index contributed by atoms with van der Waals surface area (Å²) >= 11 is 0. The summed E-state index contributed by atoms with van der Waals surface area (Å²) in [6.07, 6.45) is 3.04. The molecule has 0 aromatic heterocycles. The third kappa shape index (κ3) is 2.67. The van der Waals surface area contributed by atoms with E-state index < -0.39 is 6.04 Å². The second-order valence-electron chi connectivity index (χ2n) is 3.78. The van der Waals surface area contributed by atoms with E-state index in [4.69, 9.17) is 10.8 Å². The highest BCUT2D eigenvalue weighted by Crippen LogP contribution is 2.24. The van der Waals surface area contributed by atoms with Crippen LogP contribution in [0.2, 0.25) is 0 Å². The van der Waals surface area contributed by atoms with Crippen LogP contribution in [0, 0.1) is 5.92 Å². The minimum absolute atomic E-state index is 0.120. The van der Waals surface area contributed by atoms with Crippen molar-refractivity contribution in [1.29, 1.82) is 0 Å². The van der Waals surface area contributed by atoms with Crippen molar-refractivity contribution in [2.45, 2.75) is 38.3 Å². The molecule has 0 aromatic carbocycles. The average Bonchev–Trinajstić information content (AvgIpc) is 2.51. The Morgan fingerprint density at radius 1 is 1.69 bits per heavy atom. The summed E-state index contributed by atoms with van der Waals surface area (Å²) in [6, 6.07) is -0.330. The fourth-order valence-corrected chi connectivity index (χ4v) is 1.76. The van der Waals surface area contributed by atoms with Crippen molar-refractivity contribution in [3.8, 4) is 0 Å². The molecular formula is C9H18N2O2. The largest absolute Gasteiger partial charge is 0.396 e. The van der Waals surface area contributed by atoms with E-state index in [1.807, 2.05) is 0 Å². The lowest BCUT2D eigenvalue weighted by Crippen LogP contribution is -2.45. The second kappa shape index (κ2) is 4.58. The first-order chi connectivity index (χ1) is 6.15. The summed E-state index contributed by atoms with van der Waals surface area (Å²) in [5.74, 6) is 0.105. The van der Waals surface area contributed by atoms with Gasteiger partial charge in [0.15, 0.2) is 0 Å². The predicted octanol–water partition coefficient (Wildman–Crippen LogP) is -0.389. The first-order valence-electron chi connectivity index (χ1n) is 4.82. The molecule has 1 rings (SSSR count). The molecule has 1 saturated carbocycles. The van der Waals surface area contributed by atoms with Crippen LogP contribution in [0.1, 0.15) is 26.2 Å². The van der Waals surface area contributed by atoms with Crippen LogP contribution in [-0.2, 0) is 4.79 Å². The fraction of sp³-hybridized carbons (Fsp3) is 0.889. The summed E-state index contributed by atoms with van der Waals surface area (Å²) in [6.45, 7) is 1.82. The van der Waals surface area contributed by atoms with Gasteiger partial charge in [-0.25, -0.2) is 0 Å². The van der Waals surface area contributed by atoms with Crippen molar-refractivity contribution < 1.29 is 9.90 Å². The molecule has 76 valence electrons. The van der Waals surface area contributed by atoms with E-state index in [1.165, 1.54) is 0 Å². The quantitative estimate of drug-likeness (QED) is 0.562. The maximum absolute atomic E-state index is 11.2. The van der Waals surface area contributed by atoms with Gasteiger partial charge in [-0.2, -0.15) is 0 Å². The van der Waals surface area contributed by atoms with E-state index in [-0.39, 0.29) is 24.5 Å². The van der Waals surface area contributed by atoms with Crippen LogP contribution >= 0.6 is 0 Å². The first-order valence-corrected chi connectivity index (χ1v) is 4.82. The van der Waals surface area contributed by atoms with Gasteiger partial charge in [-0.1, -0.05) is 6.42 Å². The van der Waals surface area contributed by atoms with Gasteiger partial charge in [0, 0.05) is 18.6 Å². The summed E-state index contributed by atoms with van der Waals surface area (Å²) in [7, 11) is 0. The Morgan fingerprint density at radius 3 is 2.92 bits per heavy atom. The number of carbonyl (C=O) groups is 1. The number of nitrogens with two attached hydrogens (primary N) is 1. The van der Waals surface area contributed by atoms with Crippen LogP contribution in [0.3, 0.4) is 0 Å². The van der Waals surface area contributed by atoms with Gasteiger partial charge in [0.25, 0.3) is 0 Å². The lowest BCUT2D eigenvalue weighted by molar-refractivity contribution is -0.123. The molecule has 1 aliphatic carbocycles. The van der Waals surface area contributed by atoms with Crippen LogP contribution in [0.5, 0.6) is 0 Å². The molecule has 0 spiro atoms. The maximum Gasteiger partial charge on any atom is 0.236 e. The summed E-state index contributed by atoms with van der Waals surface area (Å²) < 4.78 is 0. The number of nitrogens with one attached hydrogen (secondary N) is 1. The average molecular weight is 186 g/mol. The van der Waals surface area contributed by atoms with E-state index in [9.17, 15) is 4.79 Å². The van der Waals surface area contributed by atoms with Crippen LogP contribution < -0.4 is 11.1 Å². The molecule has 2 unspecified atom stereocenters. The van der Waals surface area contributed by atoms with Crippen molar-refractivity contribution in [1.82, 2.24) is 5.32 Å². The number of aliphatic hydroxyl groups excluding tert-OH is 1. The molecule has 0 aromatic rings. The Kier molecular flexibility index (Phi) is 3.69. The molecule has 1 fully saturated rings. The van der Waals surface area contributed by atoms with E-state index in [2.05, 4.69) is 5.32 Å². The molecule has 1 amide bonds. The van der Waals surface area contributed by atoms with Crippen LogP contribution in [0.25, 0.3) is 0 Å². The molecule has 3 atom stereocenters. The molecule has 0 radical (unpaired) electrons. The Balaban J connectivity index is 2.39. The van der Waals surface area contributed by atoms with Crippen LogP contribution in [-0.4, -0.2) is 29.7 Å². The third-order valence-corrected chi connectivity index (χ3v) is 2.63. The summed E-state index contributed by atoms with van der Waals surface area (Å²) in [4.78, 5) is 11.2. The summed E-state index contributed by atoms with van der Waals surface area (Å²) in [5, 5.41) is 11.9. The van der Waals surface area contributed by atoms with Gasteiger partial charge in [-0.3, -0.25) is 4.79 Å². The molecule has 1 aliphatic rings. The van der Waals surface area contributed by atoms with Crippen LogP contribution in [0.15, 0.2) is 0 Å². The Morgan fingerprint density at radius 2 is 2.38 bits per heavy atom. The highest BCUT2D eigenvalue weighted by molar-refractivity contribution is 5.81. The first kappa shape index (κ1) is 10.5. The SMILES string of the molecule is C[C@@H](N)C(=O)NC1CCCC1CO. The lowest BCUT2D eigenvalue weighted by Gasteiger charge is -2.19.